The molecule has 0 unspecified atom stereocenters. The van der Waals surface area contributed by atoms with Gasteiger partial charge in [-0.1, -0.05) is 0 Å². The summed E-state index contributed by atoms with van der Waals surface area (Å²) in [6.07, 6.45) is 1.09. The predicted octanol–water partition coefficient (Wildman–Crippen LogP) is -0.584. The minimum Gasteiger partial charge on any atom is -0.274 e. The van der Waals surface area contributed by atoms with Crippen LogP contribution in [0.4, 0.5) is 0 Å². The topological polar surface area (TPSA) is 71.9 Å². The van der Waals surface area contributed by atoms with Crippen molar-refractivity contribution in [2.24, 2.45) is 0 Å². The van der Waals surface area contributed by atoms with Gasteiger partial charge in [0.25, 0.3) is 5.56 Å². The van der Waals surface area contributed by atoms with Crippen molar-refractivity contribution in [3.05, 3.63) is 33.1 Å². The van der Waals surface area contributed by atoms with Crippen molar-refractivity contribution in [1.82, 2.24) is 9.55 Å². The van der Waals surface area contributed by atoms with E-state index in [4.69, 9.17) is 11.6 Å². The van der Waals surface area contributed by atoms with Gasteiger partial charge >= 0.3 is 5.69 Å². The van der Waals surface area contributed by atoms with Crippen LogP contribution >= 0.6 is 11.6 Å². The number of hydrogen-bond donors (Lipinski definition) is 1. The number of aromatic amines is 1. The quantitative estimate of drug-likeness (QED) is 0.599. The Bertz CT molecular complexity index is 406. The fourth-order valence-corrected chi connectivity index (χ4v) is 0.807. The number of nitrogens with zero attached hydrogens (tertiary/aromatic N) is 1. The lowest BCUT2D eigenvalue weighted by atomic mass is 10.6. The summed E-state index contributed by atoms with van der Waals surface area (Å²) in [5.74, 6) is -0.871. The molecule has 1 N–H and O–H groups in total. The Morgan fingerprint density at radius 3 is 2.75 bits per heavy atom. The Balaban J connectivity index is 3.28. The predicted molar refractivity (Wildman–Crippen MR) is 42.7 cm³/mol. The summed E-state index contributed by atoms with van der Waals surface area (Å²) in [5, 5.41) is 0. The van der Waals surface area contributed by atoms with E-state index in [2.05, 4.69) is 0 Å². The molecule has 64 valence electrons. The fourth-order valence-electron chi connectivity index (χ4n) is 0.678. The molecule has 0 fully saturated rings. The van der Waals surface area contributed by atoms with Crippen molar-refractivity contribution in [2.45, 2.75) is 0 Å². The van der Waals surface area contributed by atoms with Crippen LogP contribution in [0.25, 0.3) is 0 Å². The van der Waals surface area contributed by atoms with Gasteiger partial charge in [-0.25, -0.2) is 9.36 Å². The third-order valence-electron chi connectivity index (χ3n) is 1.21. The number of alkyl halides is 1. The van der Waals surface area contributed by atoms with E-state index >= 15 is 0 Å². The van der Waals surface area contributed by atoms with Crippen LogP contribution in [0.3, 0.4) is 0 Å². The van der Waals surface area contributed by atoms with E-state index in [1.165, 1.54) is 0 Å². The van der Waals surface area contributed by atoms with Gasteiger partial charge in [-0.2, -0.15) is 0 Å². The molecule has 0 aliphatic rings. The summed E-state index contributed by atoms with van der Waals surface area (Å²) in [6, 6.07) is 1.08. The van der Waals surface area contributed by atoms with Gasteiger partial charge in [0.1, 0.15) is 5.88 Å². The number of H-pyrrole nitrogens is 1. The number of nitrogens with one attached hydrogen (secondary N) is 1. The molecule has 0 atom stereocenters. The monoisotopic (exact) mass is 188 g/mol. The van der Waals surface area contributed by atoms with Crippen molar-refractivity contribution < 1.29 is 4.79 Å². The van der Waals surface area contributed by atoms with Crippen molar-refractivity contribution in [2.75, 3.05) is 5.88 Å². The zero-order chi connectivity index (χ0) is 9.14. The lowest BCUT2D eigenvalue weighted by Crippen LogP contribution is -2.33. The SMILES string of the molecule is O=C(CCl)n1ccc(=O)[nH]c1=O. The number of hydrogen-bond acceptors (Lipinski definition) is 3. The Morgan fingerprint density at radius 1 is 1.58 bits per heavy atom. The summed E-state index contributed by atoms with van der Waals surface area (Å²) >= 11 is 5.20. The van der Waals surface area contributed by atoms with Gasteiger partial charge < -0.3 is 0 Å². The molecule has 1 rings (SSSR count). The molecule has 6 heteroatoms. The van der Waals surface area contributed by atoms with E-state index in [1.807, 2.05) is 4.98 Å². The first-order chi connectivity index (χ1) is 5.65. The minimum atomic E-state index is -0.770. The molecule has 0 aromatic carbocycles. The highest BCUT2D eigenvalue weighted by molar-refractivity contribution is 6.27. The van der Waals surface area contributed by atoms with Crippen LogP contribution in [-0.2, 0) is 0 Å². The molecule has 1 aromatic heterocycles. The third kappa shape index (κ3) is 1.62. The summed E-state index contributed by atoms with van der Waals surface area (Å²) in [4.78, 5) is 34.2. The van der Waals surface area contributed by atoms with Gasteiger partial charge in [0.05, 0.1) is 0 Å². The molecular formula is C6H5ClN2O3. The molecule has 0 spiro atoms. The van der Waals surface area contributed by atoms with Crippen molar-refractivity contribution in [1.29, 1.82) is 0 Å². The maximum atomic E-state index is 10.9. The second-order valence-corrected chi connectivity index (χ2v) is 2.27. The van der Waals surface area contributed by atoms with E-state index < -0.39 is 17.2 Å². The Morgan fingerprint density at radius 2 is 2.25 bits per heavy atom. The highest BCUT2D eigenvalue weighted by atomic mass is 35.5. The van der Waals surface area contributed by atoms with E-state index in [0.29, 0.717) is 0 Å². The second kappa shape index (κ2) is 3.36. The normalized spacial score (nSPS) is 9.75. The maximum absolute atomic E-state index is 10.9. The van der Waals surface area contributed by atoms with E-state index in [0.717, 1.165) is 16.8 Å². The largest absolute Gasteiger partial charge is 0.335 e. The summed E-state index contributed by atoms with van der Waals surface area (Å²) in [6.45, 7) is 0. The summed E-state index contributed by atoms with van der Waals surface area (Å²) < 4.78 is 0.744. The zero-order valence-electron chi connectivity index (χ0n) is 5.91. The van der Waals surface area contributed by atoms with Crippen LogP contribution in [0.5, 0.6) is 0 Å². The molecule has 0 aliphatic heterocycles. The van der Waals surface area contributed by atoms with Gasteiger partial charge in [0, 0.05) is 12.3 Å². The summed E-state index contributed by atoms with van der Waals surface area (Å²) in [7, 11) is 0. The average Bonchev–Trinajstić information content (AvgIpc) is 2.03. The molecule has 0 aliphatic carbocycles. The molecule has 5 nitrogen and oxygen atoms in total. The molecule has 0 bridgehead atoms. The lowest BCUT2D eigenvalue weighted by molar-refractivity contribution is 0.0934. The van der Waals surface area contributed by atoms with Gasteiger partial charge in [-0.15, -0.1) is 11.6 Å². The minimum absolute atomic E-state index is 0.300. The van der Waals surface area contributed by atoms with Crippen LogP contribution in [0.15, 0.2) is 21.9 Å². The first-order valence-corrected chi connectivity index (χ1v) is 3.60. The van der Waals surface area contributed by atoms with Gasteiger partial charge in [0.15, 0.2) is 0 Å². The number of halogens is 1. The standard InChI is InChI=1S/C6H5ClN2O3/c7-3-5(11)9-2-1-4(10)8-6(9)12/h1-2H,3H2,(H,8,10,12). The number of rotatable bonds is 1. The summed E-state index contributed by atoms with van der Waals surface area (Å²) in [5.41, 5.74) is -1.31. The van der Waals surface area contributed by atoms with E-state index in [-0.39, 0.29) is 5.88 Å². The first kappa shape index (κ1) is 8.73. The molecule has 0 radical (unpaired) electrons. The third-order valence-corrected chi connectivity index (χ3v) is 1.44. The van der Waals surface area contributed by atoms with Crippen LogP contribution in [0, 0.1) is 0 Å². The molecule has 0 amide bonds. The van der Waals surface area contributed by atoms with Crippen molar-refractivity contribution in [3.8, 4) is 0 Å². The molecule has 0 saturated carbocycles. The number of aromatic nitrogens is 2. The average molecular weight is 189 g/mol. The van der Waals surface area contributed by atoms with Crippen molar-refractivity contribution in [3.63, 3.8) is 0 Å². The highest BCUT2D eigenvalue weighted by Gasteiger charge is 2.03. The first-order valence-electron chi connectivity index (χ1n) is 3.06. The molecule has 1 heterocycles. The molecular weight excluding hydrogens is 184 g/mol. The van der Waals surface area contributed by atoms with Gasteiger partial charge in [-0.05, 0) is 0 Å². The van der Waals surface area contributed by atoms with E-state index in [1.54, 1.807) is 0 Å². The van der Waals surface area contributed by atoms with Gasteiger partial charge in [-0.3, -0.25) is 14.6 Å². The number of carbonyl (C=O) groups excluding carboxylic acids is 1. The van der Waals surface area contributed by atoms with Crippen molar-refractivity contribution >= 4 is 17.5 Å². The van der Waals surface area contributed by atoms with Crippen LogP contribution in [-0.4, -0.2) is 21.3 Å². The fraction of sp³-hybridized carbons (Fsp3) is 0.167. The highest BCUT2D eigenvalue weighted by Crippen LogP contribution is 1.81. The van der Waals surface area contributed by atoms with E-state index in [9.17, 15) is 14.4 Å². The lowest BCUT2D eigenvalue weighted by Gasteiger charge is -1.97. The second-order valence-electron chi connectivity index (χ2n) is 2.01. The molecule has 12 heavy (non-hydrogen) atoms. The van der Waals surface area contributed by atoms with Gasteiger partial charge in [0.2, 0.25) is 5.91 Å². The Hall–Kier alpha value is -1.36. The smallest absolute Gasteiger partial charge is 0.274 e. The van der Waals surface area contributed by atoms with Crippen LogP contribution in [0.1, 0.15) is 4.79 Å². The number of carbonyl (C=O) groups is 1. The zero-order valence-corrected chi connectivity index (χ0v) is 6.67. The Kier molecular flexibility index (Phi) is 2.44. The molecule has 1 aromatic rings. The maximum Gasteiger partial charge on any atom is 0.335 e. The van der Waals surface area contributed by atoms with Crippen LogP contribution in [0.2, 0.25) is 0 Å². The molecule has 0 saturated heterocycles. The Labute approximate surface area is 71.6 Å². The van der Waals surface area contributed by atoms with Crippen LogP contribution < -0.4 is 11.2 Å².